The smallest absolute Gasteiger partial charge is 0.261 e. The Morgan fingerprint density at radius 1 is 1.14 bits per heavy atom. The van der Waals surface area contributed by atoms with Gasteiger partial charge in [-0.25, -0.2) is 4.98 Å². The number of amides is 2. The molecule has 2 amide bonds. The summed E-state index contributed by atoms with van der Waals surface area (Å²) in [5.74, 6) is -0.452. The van der Waals surface area contributed by atoms with E-state index in [4.69, 9.17) is 11.6 Å². The number of aromatic nitrogens is 2. The van der Waals surface area contributed by atoms with Gasteiger partial charge < -0.3 is 10.6 Å². The Morgan fingerprint density at radius 3 is 2.69 bits per heavy atom. The normalized spacial score (nSPS) is 10.7. The monoisotopic (exact) mass is 476 g/mol. The van der Waals surface area contributed by atoms with Crippen LogP contribution in [0, 0.1) is 0 Å². The summed E-state index contributed by atoms with van der Waals surface area (Å²) in [6.45, 7) is 1.92. The lowest BCUT2D eigenvalue weighted by Crippen LogP contribution is -2.23. The molecule has 3 rings (SSSR count). The highest BCUT2D eigenvalue weighted by atomic mass is 79.9. The number of rotatable bonds is 6. The average Bonchev–Trinajstić information content (AvgIpc) is 2.70. The van der Waals surface area contributed by atoms with E-state index in [9.17, 15) is 14.4 Å². The summed E-state index contributed by atoms with van der Waals surface area (Å²) in [5, 5.41) is 6.25. The molecule has 0 spiro atoms. The number of carbonyl (C=O) groups is 2. The van der Waals surface area contributed by atoms with Gasteiger partial charge in [0.15, 0.2) is 0 Å². The van der Waals surface area contributed by atoms with Gasteiger partial charge in [-0.15, -0.1) is 0 Å². The minimum absolute atomic E-state index is 0.0585. The van der Waals surface area contributed by atoms with Crippen LogP contribution in [-0.2, 0) is 16.1 Å². The number of benzene rings is 2. The van der Waals surface area contributed by atoms with Crippen molar-refractivity contribution >= 4 is 61.6 Å². The molecule has 0 aliphatic carbocycles. The summed E-state index contributed by atoms with van der Waals surface area (Å²) < 4.78 is 2.18. The molecule has 0 fully saturated rings. The van der Waals surface area contributed by atoms with Gasteiger partial charge in [0.2, 0.25) is 11.8 Å². The van der Waals surface area contributed by atoms with Crippen LogP contribution in [0.3, 0.4) is 0 Å². The maximum atomic E-state index is 12.6. The zero-order chi connectivity index (χ0) is 21.0. The van der Waals surface area contributed by atoms with Gasteiger partial charge >= 0.3 is 0 Å². The lowest BCUT2D eigenvalue weighted by molar-refractivity contribution is -0.117. The Morgan fingerprint density at radius 2 is 1.93 bits per heavy atom. The largest absolute Gasteiger partial charge is 0.326 e. The molecule has 0 saturated heterocycles. The predicted molar refractivity (Wildman–Crippen MR) is 117 cm³/mol. The van der Waals surface area contributed by atoms with E-state index in [0.717, 1.165) is 4.47 Å². The average molecular weight is 478 g/mol. The van der Waals surface area contributed by atoms with Gasteiger partial charge in [-0.05, 0) is 36.4 Å². The molecule has 0 radical (unpaired) electrons. The highest BCUT2D eigenvalue weighted by Gasteiger charge is 2.10. The molecule has 3 aromatic rings. The Hall–Kier alpha value is -2.71. The molecule has 2 aromatic carbocycles. The first kappa shape index (κ1) is 21.0. The van der Waals surface area contributed by atoms with E-state index in [-0.39, 0.29) is 30.3 Å². The van der Waals surface area contributed by atoms with Crippen LogP contribution in [0.5, 0.6) is 0 Å². The second-order valence-electron chi connectivity index (χ2n) is 6.30. The number of aryl methyl sites for hydroxylation is 1. The number of hydrogen-bond donors (Lipinski definition) is 2. The number of halogens is 2. The second-order valence-corrected chi connectivity index (χ2v) is 7.62. The fraction of sp³-hybridized carbons (Fsp3) is 0.200. The maximum absolute atomic E-state index is 12.6. The van der Waals surface area contributed by atoms with Crippen molar-refractivity contribution in [2.45, 2.75) is 26.3 Å². The highest BCUT2D eigenvalue weighted by molar-refractivity contribution is 9.10. The first-order valence-corrected chi connectivity index (χ1v) is 10.1. The van der Waals surface area contributed by atoms with Crippen LogP contribution in [0.15, 0.2) is 52.0 Å². The molecule has 2 N–H and O–H groups in total. The third kappa shape index (κ3) is 5.21. The van der Waals surface area contributed by atoms with Crippen LogP contribution in [-0.4, -0.2) is 21.4 Å². The Kier molecular flexibility index (Phi) is 6.66. The van der Waals surface area contributed by atoms with E-state index < -0.39 is 0 Å². The molecular weight excluding hydrogens is 460 g/mol. The minimum Gasteiger partial charge on any atom is -0.326 e. The van der Waals surface area contributed by atoms with Gasteiger partial charge in [-0.3, -0.25) is 19.0 Å². The molecule has 1 heterocycles. The van der Waals surface area contributed by atoms with Crippen LogP contribution in [0.25, 0.3) is 10.9 Å². The molecule has 0 aliphatic heterocycles. The molecule has 0 bridgehead atoms. The molecule has 0 atom stereocenters. The van der Waals surface area contributed by atoms with Crippen molar-refractivity contribution in [1.29, 1.82) is 0 Å². The first-order chi connectivity index (χ1) is 13.9. The van der Waals surface area contributed by atoms with E-state index >= 15 is 0 Å². The number of fused-ring (bicyclic) bond motifs is 1. The first-order valence-electron chi connectivity index (χ1n) is 8.91. The predicted octanol–water partition coefficient (Wildman–Crippen LogP) is 4.19. The van der Waals surface area contributed by atoms with Crippen LogP contribution in [0.2, 0.25) is 5.02 Å². The molecule has 150 valence electrons. The van der Waals surface area contributed by atoms with Crippen molar-refractivity contribution in [2.24, 2.45) is 0 Å². The third-order valence-corrected chi connectivity index (χ3v) is 5.03. The van der Waals surface area contributed by atoms with Gasteiger partial charge in [0.05, 0.1) is 27.9 Å². The van der Waals surface area contributed by atoms with Crippen LogP contribution >= 0.6 is 27.5 Å². The quantitative estimate of drug-likeness (QED) is 0.557. The summed E-state index contributed by atoms with van der Waals surface area (Å²) in [6.07, 6.45) is 1.83. The van der Waals surface area contributed by atoms with Crippen molar-refractivity contribution < 1.29 is 9.59 Å². The van der Waals surface area contributed by atoms with Gasteiger partial charge in [-0.2, -0.15) is 0 Å². The van der Waals surface area contributed by atoms with E-state index in [0.29, 0.717) is 33.7 Å². The van der Waals surface area contributed by atoms with Gasteiger partial charge in [0.1, 0.15) is 0 Å². The van der Waals surface area contributed by atoms with Crippen LogP contribution in [0.1, 0.15) is 19.8 Å². The number of nitrogens with one attached hydrogen (secondary N) is 2. The fourth-order valence-electron chi connectivity index (χ4n) is 2.67. The Labute approximate surface area is 180 Å². The zero-order valence-electron chi connectivity index (χ0n) is 15.5. The Balaban J connectivity index is 1.70. The molecule has 1 aromatic heterocycles. The summed E-state index contributed by atoms with van der Waals surface area (Å²) >= 11 is 9.48. The van der Waals surface area contributed by atoms with Crippen LogP contribution < -0.4 is 16.2 Å². The molecule has 0 aliphatic rings. The molecule has 0 saturated carbocycles. The van der Waals surface area contributed by atoms with Crippen molar-refractivity contribution in [2.75, 3.05) is 10.6 Å². The standard InChI is InChI=1S/C20H18BrClN4O3/c1-2-18(27)24-13-4-5-15(22)17(10-13)25-19(28)7-8-26-11-23-16-6-3-12(21)9-14(16)20(26)29/h3-6,9-11H,2,7-8H2,1H3,(H,24,27)(H,25,28). The van der Waals surface area contributed by atoms with E-state index in [1.165, 1.54) is 10.9 Å². The van der Waals surface area contributed by atoms with Crippen LogP contribution in [0.4, 0.5) is 11.4 Å². The lowest BCUT2D eigenvalue weighted by Gasteiger charge is -2.11. The molecule has 0 unspecified atom stereocenters. The third-order valence-electron chi connectivity index (χ3n) is 4.21. The second kappa shape index (κ2) is 9.19. The van der Waals surface area contributed by atoms with Crippen molar-refractivity contribution in [3.8, 4) is 0 Å². The minimum atomic E-state index is -0.313. The van der Waals surface area contributed by atoms with Crippen molar-refractivity contribution in [1.82, 2.24) is 9.55 Å². The summed E-state index contributed by atoms with van der Waals surface area (Å²) in [5.41, 5.74) is 1.30. The molecule has 9 heteroatoms. The number of nitrogens with zero attached hydrogens (tertiary/aromatic N) is 2. The van der Waals surface area contributed by atoms with E-state index in [1.807, 2.05) is 6.07 Å². The number of anilines is 2. The summed E-state index contributed by atoms with van der Waals surface area (Å²) in [7, 11) is 0. The van der Waals surface area contributed by atoms with E-state index in [2.05, 4.69) is 31.5 Å². The fourth-order valence-corrected chi connectivity index (χ4v) is 3.20. The highest BCUT2D eigenvalue weighted by Crippen LogP contribution is 2.26. The van der Waals surface area contributed by atoms with Gasteiger partial charge in [0.25, 0.3) is 5.56 Å². The lowest BCUT2D eigenvalue weighted by atomic mass is 10.2. The molecular formula is C20H18BrClN4O3. The van der Waals surface area contributed by atoms with Crippen molar-refractivity contribution in [3.05, 3.63) is 62.6 Å². The van der Waals surface area contributed by atoms with Gasteiger partial charge in [0, 0.05) is 29.5 Å². The van der Waals surface area contributed by atoms with Gasteiger partial charge in [-0.1, -0.05) is 34.5 Å². The molecule has 7 nitrogen and oxygen atoms in total. The molecule has 29 heavy (non-hydrogen) atoms. The van der Waals surface area contributed by atoms with Crippen molar-refractivity contribution in [3.63, 3.8) is 0 Å². The Bertz CT molecular complexity index is 1150. The summed E-state index contributed by atoms with van der Waals surface area (Å²) in [6, 6.07) is 10.1. The summed E-state index contributed by atoms with van der Waals surface area (Å²) in [4.78, 5) is 40.7. The maximum Gasteiger partial charge on any atom is 0.261 e. The number of carbonyl (C=O) groups excluding carboxylic acids is 2. The SMILES string of the molecule is CCC(=O)Nc1ccc(Cl)c(NC(=O)CCn2cnc3ccc(Br)cc3c2=O)c1. The number of hydrogen-bond acceptors (Lipinski definition) is 4. The van der Waals surface area contributed by atoms with E-state index in [1.54, 1.807) is 37.3 Å². The topological polar surface area (TPSA) is 93.1 Å². The zero-order valence-corrected chi connectivity index (χ0v) is 17.9.